The van der Waals surface area contributed by atoms with Gasteiger partial charge in [-0.05, 0) is 0 Å². The molecule has 2 aromatic heterocycles. The lowest BCUT2D eigenvalue weighted by Gasteiger charge is -2.01. The zero-order valence-corrected chi connectivity index (χ0v) is 15.4. The molecular formula is C16H27N2O8S+3. The molecule has 0 aliphatic carbocycles. The van der Waals surface area contributed by atoms with Gasteiger partial charge in [0.2, 0.25) is 0 Å². The maximum atomic E-state index is 9.04. The Morgan fingerprint density at radius 2 is 0.963 bits per heavy atom. The van der Waals surface area contributed by atoms with Crippen molar-refractivity contribution >= 4 is 10.4 Å². The molecule has 0 saturated heterocycles. The van der Waals surface area contributed by atoms with Gasteiger partial charge in [-0.2, -0.15) is 8.42 Å². The maximum absolute atomic E-state index is 9.04. The van der Waals surface area contributed by atoms with Crippen molar-refractivity contribution in [3.63, 3.8) is 0 Å². The molecule has 2 unspecified atom stereocenters. The van der Waals surface area contributed by atoms with E-state index in [0.717, 1.165) is 0 Å². The molecule has 11 heteroatoms. The van der Waals surface area contributed by atoms with Gasteiger partial charge in [0.25, 0.3) is 0 Å². The fourth-order valence-corrected chi connectivity index (χ4v) is 1.71. The Balaban J connectivity index is 0. The summed E-state index contributed by atoms with van der Waals surface area (Å²) in [5.74, 6) is 0. The number of nitrogens with zero attached hydrogens (tertiary/aromatic N) is 2. The number of pyridine rings is 2. The Bertz CT molecular complexity index is 652. The zero-order valence-electron chi connectivity index (χ0n) is 15.6. The van der Waals surface area contributed by atoms with Crippen molar-refractivity contribution in [3.8, 4) is 0 Å². The molecule has 0 radical (unpaired) electrons. The van der Waals surface area contributed by atoms with Gasteiger partial charge < -0.3 is 20.4 Å². The van der Waals surface area contributed by atoms with Crippen molar-refractivity contribution in [1.82, 2.24) is 0 Å². The van der Waals surface area contributed by atoms with E-state index >= 15 is 0 Å². The Labute approximate surface area is 159 Å². The number of hydrogen-bond donors (Lipinski definition) is 6. The minimum absolute atomic E-state index is 0. The molecule has 6 N–H and O–H groups in total. The average molecular weight is 407 g/mol. The van der Waals surface area contributed by atoms with Crippen LogP contribution in [0.4, 0.5) is 0 Å². The predicted octanol–water partition coefficient (Wildman–Crippen LogP) is -1.89. The SMILES string of the molecule is O=S(=O)(O)O.OCC(O)C[n+]1ccccc1.OCC(O)C[n+]1ccccc1.[H+]. The van der Waals surface area contributed by atoms with Crippen LogP contribution in [0, 0.1) is 0 Å². The third-order valence-electron chi connectivity index (χ3n) is 2.82. The van der Waals surface area contributed by atoms with Crippen LogP contribution in [0.1, 0.15) is 1.43 Å². The molecule has 0 aliphatic rings. The largest absolute Gasteiger partial charge is 1.00 e. The van der Waals surface area contributed by atoms with Crippen LogP contribution in [0.25, 0.3) is 0 Å². The zero-order chi connectivity index (χ0) is 20.7. The van der Waals surface area contributed by atoms with E-state index in [9.17, 15) is 0 Å². The highest BCUT2D eigenvalue weighted by Crippen LogP contribution is 1.83. The second-order valence-electron chi connectivity index (χ2n) is 5.27. The maximum Gasteiger partial charge on any atom is 1.00 e. The minimum atomic E-state index is -4.67. The van der Waals surface area contributed by atoms with Crippen LogP contribution in [-0.2, 0) is 23.5 Å². The third-order valence-corrected chi connectivity index (χ3v) is 2.82. The molecule has 2 aromatic rings. The highest BCUT2D eigenvalue weighted by molar-refractivity contribution is 7.79. The van der Waals surface area contributed by atoms with Crippen LogP contribution in [0.5, 0.6) is 0 Å². The number of aliphatic hydroxyl groups excluding tert-OH is 4. The molecular weight excluding hydrogens is 380 g/mol. The molecule has 0 fully saturated rings. The van der Waals surface area contributed by atoms with Crippen LogP contribution in [0.15, 0.2) is 61.2 Å². The van der Waals surface area contributed by atoms with Crippen LogP contribution in [-0.4, -0.2) is 63.4 Å². The first kappa shape index (κ1) is 25.0. The molecule has 152 valence electrons. The first-order valence-corrected chi connectivity index (χ1v) is 9.21. The Kier molecular flexibility index (Phi) is 13.1. The van der Waals surface area contributed by atoms with E-state index < -0.39 is 22.6 Å². The summed E-state index contributed by atoms with van der Waals surface area (Å²) < 4.78 is 35.2. The first-order chi connectivity index (χ1) is 12.7. The predicted molar refractivity (Wildman–Crippen MR) is 94.7 cm³/mol. The monoisotopic (exact) mass is 407 g/mol. The van der Waals surface area contributed by atoms with Gasteiger partial charge in [-0.15, -0.1) is 0 Å². The van der Waals surface area contributed by atoms with Crippen LogP contribution in [0.2, 0.25) is 0 Å². The average Bonchev–Trinajstić information content (AvgIpc) is 2.62. The van der Waals surface area contributed by atoms with Crippen molar-refractivity contribution in [3.05, 3.63) is 61.2 Å². The van der Waals surface area contributed by atoms with Crippen molar-refractivity contribution in [2.24, 2.45) is 0 Å². The van der Waals surface area contributed by atoms with E-state index in [0.29, 0.717) is 13.1 Å². The standard InChI is InChI=1S/2C8H12NO2.H2O4S/c2*10-7-8(11)6-9-4-2-1-3-5-9;1-5(2,3)4/h2*1-5,8,10-11H,6-7H2;(H2,1,2,3,4)/q2*+1;/p+1. The van der Waals surface area contributed by atoms with E-state index in [1.54, 1.807) is 0 Å². The molecule has 2 atom stereocenters. The Morgan fingerprint density at radius 3 is 1.19 bits per heavy atom. The van der Waals surface area contributed by atoms with E-state index in [-0.39, 0.29) is 14.6 Å². The molecule has 2 heterocycles. The van der Waals surface area contributed by atoms with E-state index in [1.165, 1.54) is 0 Å². The molecule has 10 nitrogen and oxygen atoms in total. The van der Waals surface area contributed by atoms with Crippen LogP contribution < -0.4 is 9.13 Å². The minimum Gasteiger partial charge on any atom is -0.393 e. The normalized spacial score (nSPS) is 12.7. The van der Waals surface area contributed by atoms with Gasteiger partial charge in [0.1, 0.15) is 12.2 Å². The summed E-state index contributed by atoms with van der Waals surface area (Å²) in [5.41, 5.74) is 0. The molecule has 0 bridgehead atoms. The highest BCUT2D eigenvalue weighted by Gasteiger charge is 2.08. The van der Waals surface area contributed by atoms with Crippen molar-refractivity contribution in [2.45, 2.75) is 25.3 Å². The number of hydrogen-bond acceptors (Lipinski definition) is 6. The number of aliphatic hydroxyl groups is 4. The lowest BCUT2D eigenvalue weighted by molar-refractivity contribution is -0.704. The van der Waals surface area contributed by atoms with Gasteiger partial charge in [0.15, 0.2) is 37.9 Å². The molecule has 0 saturated carbocycles. The van der Waals surface area contributed by atoms with Gasteiger partial charge in [0, 0.05) is 24.3 Å². The number of aromatic nitrogens is 2. The second kappa shape index (κ2) is 14.1. The fraction of sp³-hybridized carbons (Fsp3) is 0.375. The van der Waals surface area contributed by atoms with Crippen molar-refractivity contribution in [2.75, 3.05) is 13.2 Å². The van der Waals surface area contributed by atoms with Gasteiger partial charge in [-0.25, -0.2) is 9.13 Å². The molecule has 0 aromatic carbocycles. The smallest absolute Gasteiger partial charge is 0.393 e. The Morgan fingerprint density at radius 1 is 0.704 bits per heavy atom. The third kappa shape index (κ3) is 17.2. The lowest BCUT2D eigenvalue weighted by atomic mass is 10.3. The van der Waals surface area contributed by atoms with Gasteiger partial charge in [-0.3, -0.25) is 9.11 Å². The summed E-state index contributed by atoms with van der Waals surface area (Å²) in [5, 5.41) is 35.1. The molecule has 2 rings (SSSR count). The summed E-state index contributed by atoms with van der Waals surface area (Å²) in [6.07, 6.45) is 6.06. The van der Waals surface area contributed by atoms with Gasteiger partial charge in [0.05, 0.1) is 13.2 Å². The van der Waals surface area contributed by atoms with Crippen LogP contribution >= 0.6 is 0 Å². The number of rotatable bonds is 6. The van der Waals surface area contributed by atoms with E-state index in [2.05, 4.69) is 0 Å². The van der Waals surface area contributed by atoms with E-state index in [1.807, 2.05) is 70.3 Å². The lowest BCUT2D eigenvalue weighted by Crippen LogP contribution is -2.40. The highest BCUT2D eigenvalue weighted by atomic mass is 32.3. The quantitative estimate of drug-likeness (QED) is 0.239. The summed E-state index contributed by atoms with van der Waals surface area (Å²) in [7, 11) is -4.67. The van der Waals surface area contributed by atoms with Crippen LogP contribution in [0.3, 0.4) is 0 Å². The van der Waals surface area contributed by atoms with Gasteiger partial charge >= 0.3 is 11.8 Å². The second-order valence-corrected chi connectivity index (χ2v) is 6.16. The van der Waals surface area contributed by atoms with E-state index in [4.69, 9.17) is 37.9 Å². The molecule has 0 aliphatic heterocycles. The summed E-state index contributed by atoms with van der Waals surface area (Å²) in [6, 6.07) is 11.3. The molecule has 27 heavy (non-hydrogen) atoms. The van der Waals surface area contributed by atoms with Crippen molar-refractivity contribution < 1.29 is 48.5 Å². The topological polar surface area (TPSA) is 163 Å². The first-order valence-electron chi connectivity index (χ1n) is 7.81. The fourth-order valence-electron chi connectivity index (χ4n) is 1.71. The summed E-state index contributed by atoms with van der Waals surface area (Å²) in [4.78, 5) is 0. The summed E-state index contributed by atoms with van der Waals surface area (Å²) in [6.45, 7) is 0.498. The van der Waals surface area contributed by atoms with Gasteiger partial charge in [-0.1, -0.05) is 12.1 Å². The Hall–Kier alpha value is -1.99. The summed E-state index contributed by atoms with van der Waals surface area (Å²) >= 11 is 0. The molecule has 0 spiro atoms. The molecule has 0 amide bonds. The van der Waals surface area contributed by atoms with Crippen molar-refractivity contribution in [1.29, 1.82) is 0 Å².